The zero-order valence-electron chi connectivity index (χ0n) is 12.3. The molecule has 0 aromatic heterocycles. The summed E-state index contributed by atoms with van der Waals surface area (Å²) >= 11 is 0. The molecule has 0 spiro atoms. The summed E-state index contributed by atoms with van der Waals surface area (Å²) in [6, 6.07) is 3.08. The van der Waals surface area contributed by atoms with Crippen LogP contribution < -0.4 is 10.4 Å². The van der Waals surface area contributed by atoms with Gasteiger partial charge in [0.15, 0.2) is 0 Å². The number of benzene rings is 1. The van der Waals surface area contributed by atoms with Crippen LogP contribution in [0.15, 0.2) is 41.5 Å². The molecular weight excluding hydrogens is 318 g/mol. The van der Waals surface area contributed by atoms with Crippen LogP contribution in [0.5, 0.6) is 0 Å². The van der Waals surface area contributed by atoms with Crippen LogP contribution in [0.3, 0.4) is 0 Å². The molecule has 1 aromatic rings. The van der Waals surface area contributed by atoms with Gasteiger partial charge in [-0.25, -0.2) is 0 Å². The highest BCUT2D eigenvalue weighted by atomic mass is 19.4. The van der Waals surface area contributed by atoms with Gasteiger partial charge in [-0.05, 0) is 47.1 Å². The van der Waals surface area contributed by atoms with Gasteiger partial charge in [0.1, 0.15) is 0 Å². The smallest absolute Gasteiger partial charge is 0.166 e. The lowest BCUT2D eigenvalue weighted by molar-refractivity contribution is -0.137. The van der Waals surface area contributed by atoms with Crippen molar-refractivity contribution in [2.75, 3.05) is 0 Å². The maximum Gasteiger partial charge on any atom is 0.416 e. The molecule has 0 heterocycles. The van der Waals surface area contributed by atoms with Crippen molar-refractivity contribution < 1.29 is 26.3 Å². The van der Waals surface area contributed by atoms with E-state index in [1.165, 1.54) is 12.1 Å². The summed E-state index contributed by atoms with van der Waals surface area (Å²) in [5.41, 5.74) is -0.752. The highest BCUT2D eigenvalue weighted by Gasteiger charge is 2.35. The van der Waals surface area contributed by atoms with Crippen molar-refractivity contribution in [3.8, 4) is 0 Å². The Balaban J connectivity index is 2.54. The fourth-order valence-electron chi connectivity index (χ4n) is 2.56. The SMILES string of the molecule is C=c1cc(C(F)(F)F)cc/c1=C1\C=CC(C(F)(F)F)=C(CC)C1. The van der Waals surface area contributed by atoms with Crippen LogP contribution in [-0.4, -0.2) is 6.18 Å². The number of hydrogen-bond acceptors (Lipinski definition) is 0. The molecule has 0 radical (unpaired) electrons. The van der Waals surface area contributed by atoms with Gasteiger partial charge < -0.3 is 0 Å². The predicted molar refractivity (Wildman–Crippen MR) is 76.8 cm³/mol. The standard InChI is InChI=1S/C17H14F6/c1-3-11-9-12(4-7-15(11)17(21,22)23)14-6-5-13(8-10(14)2)16(18,19)20/h4-8H,2-3,9H2,1H3/b14-12-. The maximum atomic E-state index is 12.9. The second-order valence-electron chi connectivity index (χ2n) is 5.27. The second kappa shape index (κ2) is 5.91. The summed E-state index contributed by atoms with van der Waals surface area (Å²) in [6.07, 6.45) is -6.35. The first-order valence-electron chi connectivity index (χ1n) is 6.90. The molecule has 124 valence electrons. The molecule has 0 atom stereocenters. The highest BCUT2D eigenvalue weighted by Crippen LogP contribution is 2.36. The van der Waals surface area contributed by atoms with Crippen LogP contribution in [0, 0.1) is 0 Å². The van der Waals surface area contributed by atoms with Gasteiger partial charge in [-0.1, -0.05) is 31.2 Å². The molecule has 2 rings (SSSR count). The topological polar surface area (TPSA) is 0 Å². The van der Waals surface area contributed by atoms with Crippen LogP contribution in [0.25, 0.3) is 12.2 Å². The molecule has 0 unspecified atom stereocenters. The first-order chi connectivity index (χ1) is 10.5. The average molecular weight is 332 g/mol. The largest absolute Gasteiger partial charge is 0.416 e. The Hall–Kier alpha value is -1.98. The van der Waals surface area contributed by atoms with E-state index in [0.717, 1.165) is 18.2 Å². The lowest BCUT2D eigenvalue weighted by Crippen LogP contribution is -2.28. The van der Waals surface area contributed by atoms with Gasteiger partial charge in [0.25, 0.3) is 0 Å². The Morgan fingerprint density at radius 2 is 1.65 bits per heavy atom. The molecule has 0 bridgehead atoms. The first-order valence-corrected chi connectivity index (χ1v) is 6.90. The van der Waals surface area contributed by atoms with E-state index in [0.29, 0.717) is 10.8 Å². The van der Waals surface area contributed by atoms with E-state index < -0.39 is 23.5 Å². The third-order valence-electron chi connectivity index (χ3n) is 3.75. The normalized spacial score (nSPS) is 18.6. The lowest BCUT2D eigenvalue weighted by Gasteiger charge is -2.19. The quantitative estimate of drug-likeness (QED) is 0.665. The molecule has 0 saturated heterocycles. The van der Waals surface area contributed by atoms with E-state index in [9.17, 15) is 26.3 Å². The number of alkyl halides is 6. The highest BCUT2D eigenvalue weighted by molar-refractivity contribution is 5.65. The summed E-state index contributed by atoms with van der Waals surface area (Å²) in [6.45, 7) is 5.22. The number of hydrogen-bond donors (Lipinski definition) is 0. The van der Waals surface area contributed by atoms with E-state index in [2.05, 4.69) is 6.58 Å². The van der Waals surface area contributed by atoms with Crippen molar-refractivity contribution in [2.24, 2.45) is 0 Å². The van der Waals surface area contributed by atoms with E-state index in [-0.39, 0.29) is 23.6 Å². The Morgan fingerprint density at radius 1 is 1.00 bits per heavy atom. The van der Waals surface area contributed by atoms with Crippen LogP contribution in [0.1, 0.15) is 25.3 Å². The molecule has 0 amide bonds. The van der Waals surface area contributed by atoms with Crippen molar-refractivity contribution in [1.82, 2.24) is 0 Å². The minimum absolute atomic E-state index is 0.0513. The van der Waals surface area contributed by atoms with E-state index in [1.54, 1.807) is 6.92 Å². The molecule has 0 nitrogen and oxygen atoms in total. The molecule has 6 heteroatoms. The molecule has 0 N–H and O–H groups in total. The third-order valence-corrected chi connectivity index (χ3v) is 3.75. The van der Waals surface area contributed by atoms with Crippen LogP contribution >= 0.6 is 0 Å². The fourth-order valence-corrected chi connectivity index (χ4v) is 2.56. The molecule has 23 heavy (non-hydrogen) atoms. The Morgan fingerprint density at radius 3 is 2.13 bits per heavy atom. The van der Waals surface area contributed by atoms with E-state index in [4.69, 9.17) is 0 Å². The molecule has 0 saturated carbocycles. The van der Waals surface area contributed by atoms with E-state index >= 15 is 0 Å². The molecule has 1 aliphatic rings. The minimum atomic E-state index is -4.48. The van der Waals surface area contributed by atoms with Gasteiger partial charge >= 0.3 is 12.4 Å². The van der Waals surface area contributed by atoms with Gasteiger partial charge in [-0.15, -0.1) is 0 Å². The summed E-state index contributed by atoms with van der Waals surface area (Å²) in [5.74, 6) is 0. The second-order valence-corrected chi connectivity index (χ2v) is 5.27. The number of rotatable bonds is 1. The van der Waals surface area contributed by atoms with Gasteiger partial charge in [0.05, 0.1) is 11.1 Å². The van der Waals surface area contributed by atoms with Crippen molar-refractivity contribution in [1.29, 1.82) is 0 Å². The van der Waals surface area contributed by atoms with Gasteiger partial charge in [-0.2, -0.15) is 26.3 Å². The Kier molecular flexibility index (Phi) is 4.46. The van der Waals surface area contributed by atoms with Crippen molar-refractivity contribution in [2.45, 2.75) is 32.1 Å². The van der Waals surface area contributed by atoms with Crippen LogP contribution in [0.2, 0.25) is 0 Å². The predicted octanol–water partition coefficient (Wildman–Crippen LogP) is 4.50. The zero-order valence-corrected chi connectivity index (χ0v) is 12.3. The lowest BCUT2D eigenvalue weighted by atomic mass is 9.90. The number of allylic oxidation sites excluding steroid dienone is 4. The summed E-state index contributed by atoms with van der Waals surface area (Å²) in [7, 11) is 0. The molecule has 0 fully saturated rings. The maximum absolute atomic E-state index is 12.9. The van der Waals surface area contributed by atoms with Crippen molar-refractivity contribution in [3.63, 3.8) is 0 Å². The monoisotopic (exact) mass is 332 g/mol. The van der Waals surface area contributed by atoms with Gasteiger partial charge in [0.2, 0.25) is 0 Å². The molecule has 1 aliphatic carbocycles. The summed E-state index contributed by atoms with van der Waals surface area (Å²) < 4.78 is 76.7. The minimum Gasteiger partial charge on any atom is -0.166 e. The zero-order chi connectivity index (χ0) is 17.4. The number of halogens is 6. The fraction of sp³-hybridized carbons (Fsp3) is 0.294. The average Bonchev–Trinajstić information content (AvgIpc) is 2.44. The first kappa shape index (κ1) is 17.4. The van der Waals surface area contributed by atoms with Crippen molar-refractivity contribution in [3.05, 3.63) is 57.5 Å². The molecular formula is C17H14F6. The Labute approximate surface area is 129 Å². The van der Waals surface area contributed by atoms with Gasteiger partial charge in [-0.3, -0.25) is 0 Å². The van der Waals surface area contributed by atoms with Gasteiger partial charge in [0, 0.05) is 0 Å². The molecule has 1 aromatic carbocycles. The van der Waals surface area contributed by atoms with Crippen LogP contribution in [-0.2, 0) is 6.18 Å². The Bertz CT molecular complexity index is 775. The summed E-state index contributed by atoms with van der Waals surface area (Å²) in [5, 5.41) is 0.576. The third kappa shape index (κ3) is 3.68. The van der Waals surface area contributed by atoms with E-state index in [1.807, 2.05) is 0 Å². The van der Waals surface area contributed by atoms with Crippen LogP contribution in [0.4, 0.5) is 26.3 Å². The van der Waals surface area contributed by atoms with Crippen molar-refractivity contribution >= 4 is 12.2 Å². The summed E-state index contributed by atoms with van der Waals surface area (Å²) in [4.78, 5) is 0. The molecule has 0 aliphatic heterocycles.